The highest BCUT2D eigenvalue weighted by atomic mass is 35.5. The summed E-state index contributed by atoms with van der Waals surface area (Å²) in [4.78, 5) is 14.4. The first-order valence-corrected chi connectivity index (χ1v) is 16.3. The van der Waals surface area contributed by atoms with Gasteiger partial charge in [0.15, 0.2) is 0 Å². The fraction of sp³-hybridized carbons (Fsp3) is 0.528. The van der Waals surface area contributed by atoms with Gasteiger partial charge in [-0.2, -0.15) is 0 Å². The lowest BCUT2D eigenvalue weighted by atomic mass is 9.54. The van der Waals surface area contributed by atoms with E-state index in [1.807, 2.05) is 6.20 Å². The van der Waals surface area contributed by atoms with Crippen LogP contribution in [0.15, 0.2) is 66.9 Å². The second-order valence-corrected chi connectivity index (χ2v) is 13.5. The van der Waals surface area contributed by atoms with E-state index < -0.39 is 5.60 Å². The molecule has 0 radical (unpaired) electrons. The van der Waals surface area contributed by atoms with Crippen LogP contribution in [0, 0.1) is 11.3 Å². The maximum Gasteiger partial charge on any atom is 0.0998 e. The van der Waals surface area contributed by atoms with Crippen LogP contribution in [0.1, 0.15) is 69.9 Å². The number of hydrogen-bond donors (Lipinski definition) is 2. The second kappa shape index (κ2) is 11.2. The molecule has 2 aromatic heterocycles. The van der Waals surface area contributed by atoms with Crippen molar-refractivity contribution < 1.29 is 5.11 Å². The largest absolute Gasteiger partial charge is 0.384 e. The number of piperidine rings is 1. The molecule has 0 amide bonds. The Labute approximate surface area is 256 Å². The van der Waals surface area contributed by atoms with Crippen LogP contribution >= 0.6 is 12.4 Å². The number of nitrogens with one attached hydrogen (secondary N) is 1. The summed E-state index contributed by atoms with van der Waals surface area (Å²) in [7, 11) is 0. The number of aliphatic hydroxyl groups is 1. The van der Waals surface area contributed by atoms with Gasteiger partial charge in [0.05, 0.1) is 22.9 Å². The molecule has 1 aromatic carbocycles. The summed E-state index contributed by atoms with van der Waals surface area (Å²) in [6.07, 6.45) is 25.2. The predicted molar refractivity (Wildman–Crippen MR) is 175 cm³/mol. The maximum absolute atomic E-state index is 13.1. The van der Waals surface area contributed by atoms with Gasteiger partial charge in [-0.3, -0.25) is 9.88 Å². The number of hydrogen-bond acceptors (Lipinski definition) is 4. The zero-order valence-corrected chi connectivity index (χ0v) is 25.5. The van der Waals surface area contributed by atoms with Gasteiger partial charge < -0.3 is 15.0 Å². The molecular weight excluding hydrogens is 540 g/mol. The smallest absolute Gasteiger partial charge is 0.0998 e. The first kappa shape index (κ1) is 28.3. The molecule has 6 atom stereocenters. The quantitative estimate of drug-likeness (QED) is 0.295. The molecule has 6 heteroatoms. The molecule has 5 nitrogen and oxygen atoms in total. The lowest BCUT2D eigenvalue weighted by molar-refractivity contribution is -0.0894. The fourth-order valence-corrected chi connectivity index (χ4v) is 9.59. The molecule has 8 rings (SSSR count). The summed E-state index contributed by atoms with van der Waals surface area (Å²) in [5, 5.41) is 15.5. The number of rotatable bonds is 1. The third-order valence-electron chi connectivity index (χ3n) is 11.2. The van der Waals surface area contributed by atoms with Crippen molar-refractivity contribution in [1.82, 2.24) is 19.8 Å². The Bertz CT molecular complexity index is 1540. The van der Waals surface area contributed by atoms with Crippen molar-refractivity contribution in [3.8, 4) is 0 Å². The molecule has 5 aliphatic rings. The topological polar surface area (TPSA) is 55.4 Å². The van der Waals surface area contributed by atoms with Gasteiger partial charge >= 0.3 is 0 Å². The molecule has 0 saturated carbocycles. The molecule has 4 aliphatic heterocycles. The Morgan fingerprint density at radius 2 is 1.74 bits per heavy atom. The minimum Gasteiger partial charge on any atom is -0.384 e. The number of pyridine rings is 1. The summed E-state index contributed by atoms with van der Waals surface area (Å²) in [5.74, 6) is 0.385. The summed E-state index contributed by atoms with van der Waals surface area (Å²) in [6.45, 7) is 4.47. The van der Waals surface area contributed by atoms with E-state index in [2.05, 4.69) is 75.5 Å². The summed E-state index contributed by atoms with van der Waals surface area (Å²) in [6, 6.07) is 11.3. The normalized spacial score (nSPS) is 36.0. The molecule has 1 spiro atoms. The Balaban J connectivity index is 0.00000288. The SMILES string of the molecule is Cl.O[C@]12C=C(c3nccc4c3[nH]c3ccccc34)[C@@H]3CCN(CCCC/C=C\CC1)C[C@@]31C[C@@H]3C=CCCCCN3[C@H]12. The average molecular weight is 585 g/mol. The lowest BCUT2D eigenvalue weighted by Crippen LogP contribution is -2.65. The van der Waals surface area contributed by atoms with E-state index in [1.54, 1.807) is 0 Å². The monoisotopic (exact) mass is 584 g/mol. The van der Waals surface area contributed by atoms with Crippen LogP contribution in [0.5, 0.6) is 0 Å². The number of aromatic nitrogens is 2. The summed E-state index contributed by atoms with van der Waals surface area (Å²) >= 11 is 0. The number of para-hydroxylation sites is 1. The number of benzene rings is 1. The molecular formula is C36H45ClN4O. The molecule has 42 heavy (non-hydrogen) atoms. The predicted octanol–water partition coefficient (Wildman–Crippen LogP) is 7.28. The number of halogens is 1. The number of fused-ring (bicyclic) bond motifs is 5. The third kappa shape index (κ3) is 4.51. The molecule has 2 N–H and O–H groups in total. The Morgan fingerprint density at radius 3 is 2.67 bits per heavy atom. The molecule has 6 heterocycles. The molecule has 2 saturated heterocycles. The van der Waals surface area contributed by atoms with Crippen LogP contribution in [0.25, 0.3) is 27.4 Å². The summed E-state index contributed by atoms with van der Waals surface area (Å²) < 4.78 is 0. The zero-order valence-electron chi connectivity index (χ0n) is 24.7. The van der Waals surface area contributed by atoms with Gasteiger partial charge in [0.25, 0.3) is 0 Å². The molecule has 3 aromatic rings. The minimum absolute atomic E-state index is 0. The highest BCUT2D eigenvalue weighted by Crippen LogP contribution is 2.61. The van der Waals surface area contributed by atoms with E-state index in [4.69, 9.17) is 4.98 Å². The first-order valence-electron chi connectivity index (χ1n) is 16.3. The van der Waals surface area contributed by atoms with Crippen LogP contribution in [-0.4, -0.2) is 68.7 Å². The molecule has 3 bridgehead atoms. The van der Waals surface area contributed by atoms with Gasteiger partial charge in [0, 0.05) is 40.5 Å². The van der Waals surface area contributed by atoms with Crippen molar-refractivity contribution in [3.63, 3.8) is 0 Å². The molecule has 2 fully saturated rings. The Morgan fingerprint density at radius 1 is 0.905 bits per heavy atom. The Kier molecular flexibility index (Phi) is 7.59. The van der Waals surface area contributed by atoms with Crippen molar-refractivity contribution in [1.29, 1.82) is 0 Å². The van der Waals surface area contributed by atoms with Gasteiger partial charge in [0.1, 0.15) is 0 Å². The van der Waals surface area contributed by atoms with Gasteiger partial charge in [-0.05, 0) is 114 Å². The maximum atomic E-state index is 13.1. The van der Waals surface area contributed by atoms with Gasteiger partial charge in [0.2, 0.25) is 0 Å². The van der Waals surface area contributed by atoms with Crippen LogP contribution in [0.2, 0.25) is 0 Å². The molecule has 1 aliphatic carbocycles. The van der Waals surface area contributed by atoms with Crippen molar-refractivity contribution in [2.75, 3.05) is 26.2 Å². The van der Waals surface area contributed by atoms with Gasteiger partial charge in [-0.1, -0.05) is 42.5 Å². The highest BCUT2D eigenvalue weighted by Gasteiger charge is 2.65. The number of aromatic amines is 1. The van der Waals surface area contributed by atoms with Crippen LogP contribution in [0.3, 0.4) is 0 Å². The van der Waals surface area contributed by atoms with E-state index in [1.165, 1.54) is 55.0 Å². The number of allylic oxidation sites excluding steroid dienone is 4. The minimum atomic E-state index is -0.898. The number of H-pyrrole nitrogens is 1. The first-order chi connectivity index (χ1) is 20.2. The van der Waals surface area contributed by atoms with Crippen LogP contribution in [-0.2, 0) is 0 Å². The highest BCUT2D eigenvalue weighted by molar-refractivity contribution is 6.09. The average Bonchev–Trinajstić information content (AvgIpc) is 3.49. The number of nitrogens with zero attached hydrogens (tertiary/aromatic N) is 3. The summed E-state index contributed by atoms with van der Waals surface area (Å²) in [5.41, 5.74) is 3.74. The van der Waals surface area contributed by atoms with Gasteiger partial charge in [-0.15, -0.1) is 12.4 Å². The van der Waals surface area contributed by atoms with Crippen molar-refractivity contribution in [3.05, 3.63) is 72.6 Å². The third-order valence-corrected chi connectivity index (χ3v) is 11.2. The van der Waals surface area contributed by atoms with Crippen LogP contribution < -0.4 is 0 Å². The zero-order chi connectivity index (χ0) is 27.4. The van der Waals surface area contributed by atoms with E-state index in [0.717, 1.165) is 68.5 Å². The molecule has 1 unspecified atom stereocenters. The fourth-order valence-electron chi connectivity index (χ4n) is 9.59. The van der Waals surface area contributed by atoms with Crippen molar-refractivity contribution >= 4 is 39.8 Å². The Hall–Kier alpha value is -2.44. The van der Waals surface area contributed by atoms with E-state index in [0.29, 0.717) is 12.0 Å². The molecule has 222 valence electrons. The second-order valence-electron chi connectivity index (χ2n) is 13.5. The van der Waals surface area contributed by atoms with Gasteiger partial charge in [-0.25, -0.2) is 0 Å². The lowest BCUT2D eigenvalue weighted by Gasteiger charge is -2.58. The van der Waals surface area contributed by atoms with Crippen molar-refractivity contribution in [2.24, 2.45) is 11.3 Å². The van der Waals surface area contributed by atoms with E-state index >= 15 is 0 Å². The van der Waals surface area contributed by atoms with Crippen LogP contribution in [0.4, 0.5) is 0 Å². The van der Waals surface area contributed by atoms with Crippen molar-refractivity contribution in [2.45, 2.75) is 81.9 Å². The van der Waals surface area contributed by atoms with E-state index in [-0.39, 0.29) is 23.9 Å². The van der Waals surface area contributed by atoms with E-state index in [9.17, 15) is 5.11 Å². The standard InChI is InChI=1S/C36H44N4O.ClH/c41-36-18-10-4-1-2-5-11-20-39-22-17-30(35(25-39)23-26-13-7-3-6-12-21-40(26)34(35)36)29(24-36)32-33-28(16-19-37-32)27-14-8-9-15-31(27)38-33;/h1,4,7-9,13-16,19,24,26,30,34,38,41H,2-3,5-6,10-12,17-18,20-23,25H2;1H/b4-1-,13-7?;/t26-,30-,34+,35-,36-;/m0./s1.